The molecule has 0 aliphatic carbocycles. The van der Waals surface area contributed by atoms with Crippen molar-refractivity contribution in [1.29, 1.82) is 0 Å². The second kappa shape index (κ2) is 6.13. The van der Waals surface area contributed by atoms with Gasteiger partial charge in [0.25, 0.3) is 0 Å². The highest BCUT2D eigenvalue weighted by atomic mass is 19.4. The first-order valence-corrected chi connectivity index (χ1v) is 7.24. The van der Waals surface area contributed by atoms with Gasteiger partial charge in [-0.3, -0.25) is 0 Å². The average Bonchev–Trinajstić information content (AvgIpc) is 2.59. The topological polar surface area (TPSA) is 32.5 Å². The number of hydrogen-bond acceptors (Lipinski definition) is 3. The lowest BCUT2D eigenvalue weighted by Gasteiger charge is -2.32. The van der Waals surface area contributed by atoms with Gasteiger partial charge >= 0.3 is 6.18 Å². The Morgan fingerprint density at radius 3 is 2.62 bits per heavy atom. The zero-order chi connectivity index (χ0) is 15.6. The summed E-state index contributed by atoms with van der Waals surface area (Å²) in [4.78, 5) is 4.31. The van der Waals surface area contributed by atoms with E-state index in [1.54, 1.807) is 6.07 Å². The fraction of sp³-hybridized carbons (Fsp3) is 0.600. The molecule has 1 aliphatic heterocycles. The van der Waals surface area contributed by atoms with Crippen LogP contribution in [-0.4, -0.2) is 37.6 Å². The Bertz CT molecular complexity index is 488. The number of anilines is 2. The Kier molecular flexibility index (Phi) is 4.66. The summed E-state index contributed by atoms with van der Waals surface area (Å²) in [6.45, 7) is 4.67. The van der Waals surface area contributed by atoms with E-state index in [0.717, 1.165) is 32.5 Å². The van der Waals surface area contributed by atoms with Crippen molar-refractivity contribution in [3.8, 4) is 0 Å². The average molecular weight is 301 g/mol. The van der Waals surface area contributed by atoms with Crippen LogP contribution in [0.3, 0.4) is 0 Å². The molecule has 1 fully saturated rings. The molecule has 0 amide bonds. The van der Waals surface area contributed by atoms with Gasteiger partial charge in [-0.25, -0.2) is 0 Å². The first kappa shape index (κ1) is 15.9. The molecule has 2 rings (SSSR count). The van der Waals surface area contributed by atoms with Crippen molar-refractivity contribution >= 4 is 11.4 Å². The van der Waals surface area contributed by atoms with Gasteiger partial charge in [0.1, 0.15) is 0 Å². The van der Waals surface area contributed by atoms with Crippen molar-refractivity contribution in [1.82, 2.24) is 4.90 Å². The second-order valence-corrected chi connectivity index (χ2v) is 5.64. The van der Waals surface area contributed by atoms with E-state index in [1.165, 1.54) is 12.1 Å². The summed E-state index contributed by atoms with van der Waals surface area (Å²) in [6.07, 6.45) is -2.57. The molecule has 3 nitrogen and oxygen atoms in total. The molecular weight excluding hydrogens is 279 g/mol. The SMILES string of the molecule is CCC1CN(C)CCCN1c1ccc(N)c(C(F)(F)F)c1. The van der Waals surface area contributed by atoms with Crippen LogP contribution >= 0.6 is 0 Å². The maximum atomic E-state index is 13.0. The minimum Gasteiger partial charge on any atom is -0.398 e. The monoisotopic (exact) mass is 301 g/mol. The minimum absolute atomic E-state index is 0.216. The lowest BCUT2D eigenvalue weighted by atomic mass is 10.1. The molecule has 21 heavy (non-hydrogen) atoms. The molecule has 1 saturated heterocycles. The van der Waals surface area contributed by atoms with Gasteiger partial charge in [-0.15, -0.1) is 0 Å². The largest absolute Gasteiger partial charge is 0.418 e. The Morgan fingerprint density at radius 1 is 1.29 bits per heavy atom. The van der Waals surface area contributed by atoms with Crippen molar-refractivity contribution in [2.75, 3.05) is 37.3 Å². The maximum Gasteiger partial charge on any atom is 0.418 e. The zero-order valence-electron chi connectivity index (χ0n) is 12.5. The van der Waals surface area contributed by atoms with E-state index in [1.807, 2.05) is 0 Å². The third-order valence-corrected chi connectivity index (χ3v) is 4.05. The summed E-state index contributed by atoms with van der Waals surface area (Å²) in [5, 5.41) is 0. The molecule has 0 spiro atoms. The van der Waals surface area contributed by atoms with Gasteiger partial charge in [0, 0.05) is 30.5 Å². The molecule has 0 radical (unpaired) electrons. The molecule has 1 heterocycles. The molecule has 0 saturated carbocycles. The van der Waals surface area contributed by atoms with Crippen LogP contribution in [0.4, 0.5) is 24.5 Å². The summed E-state index contributed by atoms with van der Waals surface area (Å²) < 4.78 is 39.0. The molecule has 1 unspecified atom stereocenters. The van der Waals surface area contributed by atoms with Crippen LogP contribution in [0.1, 0.15) is 25.3 Å². The normalized spacial score (nSPS) is 21.4. The Balaban J connectivity index is 2.35. The number of hydrogen-bond donors (Lipinski definition) is 1. The number of benzene rings is 1. The molecule has 118 valence electrons. The first-order chi connectivity index (χ1) is 9.82. The number of nitrogens with zero attached hydrogens (tertiary/aromatic N) is 2. The fourth-order valence-electron chi connectivity index (χ4n) is 2.90. The Morgan fingerprint density at radius 2 is 2.00 bits per heavy atom. The van der Waals surface area contributed by atoms with Crippen LogP contribution in [0.25, 0.3) is 0 Å². The molecule has 6 heteroatoms. The highest BCUT2D eigenvalue weighted by Crippen LogP contribution is 2.36. The van der Waals surface area contributed by atoms with Gasteiger partial charge in [0.2, 0.25) is 0 Å². The molecule has 0 aromatic heterocycles. The third-order valence-electron chi connectivity index (χ3n) is 4.05. The highest BCUT2D eigenvalue weighted by molar-refractivity contribution is 5.60. The van der Waals surface area contributed by atoms with Crippen LogP contribution in [0.2, 0.25) is 0 Å². The summed E-state index contributed by atoms with van der Waals surface area (Å²) in [6, 6.07) is 4.46. The van der Waals surface area contributed by atoms with Gasteiger partial charge in [-0.05, 0) is 44.6 Å². The molecular formula is C15H22F3N3. The summed E-state index contributed by atoms with van der Waals surface area (Å²) >= 11 is 0. The Labute approximate surface area is 123 Å². The van der Waals surface area contributed by atoms with Gasteiger partial charge in [0.05, 0.1) is 5.56 Å². The quantitative estimate of drug-likeness (QED) is 0.851. The second-order valence-electron chi connectivity index (χ2n) is 5.64. The number of nitrogen functional groups attached to an aromatic ring is 1. The van der Waals surface area contributed by atoms with Crippen molar-refractivity contribution in [3.05, 3.63) is 23.8 Å². The van der Waals surface area contributed by atoms with Gasteiger partial charge in [-0.1, -0.05) is 6.92 Å². The van der Waals surface area contributed by atoms with E-state index >= 15 is 0 Å². The summed E-state index contributed by atoms with van der Waals surface area (Å²) in [5.74, 6) is 0. The van der Waals surface area contributed by atoms with Crippen molar-refractivity contribution in [2.45, 2.75) is 32.0 Å². The highest BCUT2D eigenvalue weighted by Gasteiger charge is 2.34. The van der Waals surface area contributed by atoms with E-state index in [0.29, 0.717) is 5.69 Å². The Hall–Kier alpha value is -1.43. The standard InChI is InChI=1S/C15H22F3N3/c1-3-11-10-20(2)7-4-8-21(11)12-5-6-14(19)13(9-12)15(16,17)18/h5-6,9,11H,3-4,7-8,10,19H2,1-2H3. The van der Waals surface area contributed by atoms with E-state index < -0.39 is 11.7 Å². The van der Waals surface area contributed by atoms with E-state index in [2.05, 4.69) is 23.8 Å². The van der Waals surface area contributed by atoms with Crippen LogP contribution < -0.4 is 10.6 Å². The minimum atomic E-state index is -4.41. The van der Waals surface area contributed by atoms with Crippen molar-refractivity contribution in [3.63, 3.8) is 0 Å². The molecule has 1 aliphatic rings. The molecule has 1 aromatic rings. The molecule has 2 N–H and O–H groups in total. The molecule has 1 aromatic carbocycles. The molecule has 1 atom stereocenters. The van der Waals surface area contributed by atoms with Gasteiger partial charge in [0.15, 0.2) is 0 Å². The number of alkyl halides is 3. The summed E-state index contributed by atoms with van der Waals surface area (Å²) in [7, 11) is 2.05. The third kappa shape index (κ3) is 3.61. The number of nitrogens with two attached hydrogens (primary N) is 1. The van der Waals surface area contributed by atoms with Crippen molar-refractivity contribution < 1.29 is 13.2 Å². The van der Waals surface area contributed by atoms with Gasteiger partial charge in [-0.2, -0.15) is 13.2 Å². The first-order valence-electron chi connectivity index (χ1n) is 7.24. The predicted molar refractivity (Wildman–Crippen MR) is 79.4 cm³/mol. The number of likely N-dealkylation sites (N-methyl/N-ethyl adjacent to an activating group) is 1. The van der Waals surface area contributed by atoms with Crippen LogP contribution in [0, 0.1) is 0 Å². The van der Waals surface area contributed by atoms with E-state index in [-0.39, 0.29) is 11.7 Å². The lowest BCUT2D eigenvalue weighted by molar-refractivity contribution is -0.136. The summed E-state index contributed by atoms with van der Waals surface area (Å²) in [5.41, 5.74) is 5.13. The molecule has 0 bridgehead atoms. The van der Waals surface area contributed by atoms with Gasteiger partial charge < -0.3 is 15.5 Å². The number of rotatable bonds is 2. The maximum absolute atomic E-state index is 13.0. The number of halogens is 3. The van der Waals surface area contributed by atoms with E-state index in [9.17, 15) is 13.2 Å². The fourth-order valence-corrected chi connectivity index (χ4v) is 2.90. The zero-order valence-corrected chi connectivity index (χ0v) is 12.5. The van der Waals surface area contributed by atoms with Crippen LogP contribution in [0.15, 0.2) is 18.2 Å². The van der Waals surface area contributed by atoms with Crippen molar-refractivity contribution in [2.24, 2.45) is 0 Å². The van der Waals surface area contributed by atoms with E-state index in [4.69, 9.17) is 5.73 Å². The smallest absolute Gasteiger partial charge is 0.398 e. The van der Waals surface area contributed by atoms with Crippen LogP contribution in [-0.2, 0) is 6.18 Å². The predicted octanol–water partition coefficient (Wildman–Crippen LogP) is 3.21. The lowest BCUT2D eigenvalue weighted by Crippen LogP contribution is -2.40. The van der Waals surface area contributed by atoms with Crippen LogP contribution in [0.5, 0.6) is 0 Å².